The first kappa shape index (κ1) is 19.9. The molecular formula is C20H22ClNO4. The molecule has 0 bridgehead atoms. The van der Waals surface area contributed by atoms with Crippen LogP contribution in [0.4, 0.5) is 0 Å². The van der Waals surface area contributed by atoms with Gasteiger partial charge in [0.25, 0.3) is 0 Å². The Balaban J connectivity index is 2.23. The minimum Gasteiger partial charge on any atom is -0.493 e. The molecule has 0 atom stereocenters. The van der Waals surface area contributed by atoms with Crippen LogP contribution in [0.1, 0.15) is 43.9 Å². The summed E-state index contributed by atoms with van der Waals surface area (Å²) in [6.45, 7) is 3.86. The highest BCUT2D eigenvalue weighted by atomic mass is 35.5. The summed E-state index contributed by atoms with van der Waals surface area (Å²) in [6.07, 6.45) is 5.51. The van der Waals surface area contributed by atoms with Gasteiger partial charge in [0.15, 0.2) is 5.78 Å². The van der Waals surface area contributed by atoms with Gasteiger partial charge in [-0.3, -0.25) is 9.59 Å². The van der Waals surface area contributed by atoms with E-state index in [0.717, 1.165) is 29.3 Å². The van der Waals surface area contributed by atoms with E-state index >= 15 is 0 Å². The monoisotopic (exact) mass is 375 g/mol. The zero-order chi connectivity index (χ0) is 19.1. The summed E-state index contributed by atoms with van der Waals surface area (Å²) in [5.41, 5.74) is 2.25. The Bertz CT molecular complexity index is 845. The number of rotatable bonds is 9. The van der Waals surface area contributed by atoms with Gasteiger partial charge >= 0.3 is 5.97 Å². The molecule has 0 saturated heterocycles. The van der Waals surface area contributed by atoms with E-state index in [9.17, 15) is 9.59 Å². The fourth-order valence-corrected chi connectivity index (χ4v) is 2.77. The van der Waals surface area contributed by atoms with Crippen molar-refractivity contribution in [2.45, 2.75) is 39.5 Å². The lowest BCUT2D eigenvalue weighted by Crippen LogP contribution is -2.03. The van der Waals surface area contributed by atoms with Gasteiger partial charge in [-0.1, -0.05) is 11.6 Å². The molecular weight excluding hydrogens is 354 g/mol. The first-order valence-corrected chi connectivity index (χ1v) is 8.89. The molecule has 1 aromatic carbocycles. The topological polar surface area (TPSA) is 76.5 Å². The highest BCUT2D eigenvalue weighted by molar-refractivity contribution is 6.31. The number of aliphatic carboxylic acids is 1. The summed E-state index contributed by atoms with van der Waals surface area (Å²) in [5.74, 6) is -0.138. The Morgan fingerprint density at radius 1 is 1.27 bits per heavy atom. The standard InChI is InChI=1S/C20H22ClNO4/c1-13(23)7-9-17-14(2)20(26-11-5-3-4-6-19(24)25)16-12-15(21)8-10-18(16)22-17/h7-10,12H,3-6,11H2,1-2H3,(H,24,25). The number of ether oxygens (including phenoxy) is 1. The molecule has 1 heterocycles. The number of carboxylic acids is 1. The van der Waals surface area contributed by atoms with E-state index in [4.69, 9.17) is 21.4 Å². The van der Waals surface area contributed by atoms with Gasteiger partial charge in [-0.05, 0) is 63.5 Å². The summed E-state index contributed by atoms with van der Waals surface area (Å²) in [7, 11) is 0. The lowest BCUT2D eigenvalue weighted by molar-refractivity contribution is -0.137. The van der Waals surface area contributed by atoms with Gasteiger partial charge in [0, 0.05) is 22.4 Å². The third kappa shape index (κ3) is 5.56. The van der Waals surface area contributed by atoms with Crippen molar-refractivity contribution in [3.63, 3.8) is 0 Å². The van der Waals surface area contributed by atoms with Gasteiger partial charge < -0.3 is 9.84 Å². The molecule has 1 N–H and O–H groups in total. The molecule has 26 heavy (non-hydrogen) atoms. The maximum atomic E-state index is 11.2. The number of carboxylic acid groups (broad SMARTS) is 1. The van der Waals surface area contributed by atoms with Crippen LogP contribution in [-0.4, -0.2) is 28.4 Å². The van der Waals surface area contributed by atoms with Crippen LogP contribution in [0.3, 0.4) is 0 Å². The molecule has 0 aliphatic heterocycles. The van der Waals surface area contributed by atoms with Gasteiger partial charge in [0.1, 0.15) is 5.75 Å². The highest BCUT2D eigenvalue weighted by Crippen LogP contribution is 2.33. The Kier molecular flexibility index (Phi) is 7.16. The van der Waals surface area contributed by atoms with Gasteiger partial charge in [-0.2, -0.15) is 0 Å². The van der Waals surface area contributed by atoms with Crippen LogP contribution in [-0.2, 0) is 9.59 Å². The first-order valence-electron chi connectivity index (χ1n) is 8.51. The smallest absolute Gasteiger partial charge is 0.303 e. The number of nitrogens with zero attached hydrogens (tertiary/aromatic N) is 1. The van der Waals surface area contributed by atoms with Crippen molar-refractivity contribution in [2.24, 2.45) is 0 Å². The average Bonchev–Trinajstić information content (AvgIpc) is 2.57. The number of aromatic nitrogens is 1. The van der Waals surface area contributed by atoms with Crippen LogP contribution >= 0.6 is 11.6 Å². The maximum absolute atomic E-state index is 11.2. The lowest BCUT2D eigenvalue weighted by Gasteiger charge is -2.14. The van der Waals surface area contributed by atoms with Crippen molar-refractivity contribution >= 4 is 40.3 Å². The predicted molar refractivity (Wildman–Crippen MR) is 103 cm³/mol. The second-order valence-corrected chi connectivity index (χ2v) is 6.55. The zero-order valence-corrected chi connectivity index (χ0v) is 15.7. The summed E-state index contributed by atoms with van der Waals surface area (Å²) >= 11 is 6.12. The molecule has 0 aliphatic rings. The Morgan fingerprint density at radius 3 is 2.73 bits per heavy atom. The van der Waals surface area contributed by atoms with E-state index < -0.39 is 5.97 Å². The van der Waals surface area contributed by atoms with Gasteiger partial charge in [0.05, 0.1) is 17.8 Å². The van der Waals surface area contributed by atoms with Crippen molar-refractivity contribution in [1.82, 2.24) is 4.98 Å². The molecule has 0 unspecified atom stereocenters. The second kappa shape index (κ2) is 9.34. The maximum Gasteiger partial charge on any atom is 0.303 e. The number of pyridine rings is 1. The number of ketones is 1. The molecule has 0 amide bonds. The van der Waals surface area contributed by atoms with E-state index in [2.05, 4.69) is 4.98 Å². The average molecular weight is 376 g/mol. The molecule has 0 spiro atoms. The number of benzene rings is 1. The molecule has 1 aromatic heterocycles. The number of halogens is 1. The van der Waals surface area contributed by atoms with Crippen LogP contribution in [0.25, 0.3) is 17.0 Å². The number of hydrogen-bond acceptors (Lipinski definition) is 4. The molecule has 5 nitrogen and oxygen atoms in total. The number of hydrogen-bond donors (Lipinski definition) is 1. The number of unbranched alkanes of at least 4 members (excludes halogenated alkanes) is 2. The third-order valence-electron chi connectivity index (χ3n) is 3.93. The fourth-order valence-electron chi connectivity index (χ4n) is 2.59. The Hall–Kier alpha value is -2.40. The second-order valence-electron chi connectivity index (χ2n) is 6.11. The number of carbonyl (C=O) groups excluding carboxylic acids is 1. The van der Waals surface area contributed by atoms with Gasteiger partial charge in [-0.15, -0.1) is 0 Å². The van der Waals surface area contributed by atoms with Crippen LogP contribution in [0.5, 0.6) is 5.75 Å². The quantitative estimate of drug-likeness (QED) is 0.502. The zero-order valence-electron chi connectivity index (χ0n) is 14.9. The highest BCUT2D eigenvalue weighted by Gasteiger charge is 2.12. The van der Waals surface area contributed by atoms with E-state index in [1.165, 1.54) is 13.0 Å². The van der Waals surface area contributed by atoms with E-state index in [1.807, 2.05) is 19.1 Å². The SMILES string of the molecule is CC(=O)C=Cc1nc2ccc(Cl)cc2c(OCCCCCC(=O)O)c1C. The van der Waals surface area contributed by atoms with Crippen molar-refractivity contribution in [3.05, 3.63) is 40.6 Å². The molecule has 0 fully saturated rings. The normalized spacial score (nSPS) is 11.2. The van der Waals surface area contributed by atoms with Crippen LogP contribution in [0, 0.1) is 6.92 Å². The number of fused-ring (bicyclic) bond motifs is 1. The van der Waals surface area contributed by atoms with Crippen molar-refractivity contribution in [2.75, 3.05) is 6.61 Å². The van der Waals surface area contributed by atoms with E-state index in [0.29, 0.717) is 29.5 Å². The van der Waals surface area contributed by atoms with Crippen molar-refractivity contribution < 1.29 is 19.4 Å². The molecule has 0 aliphatic carbocycles. The third-order valence-corrected chi connectivity index (χ3v) is 4.16. The minimum absolute atomic E-state index is 0.0525. The van der Waals surface area contributed by atoms with Crippen LogP contribution < -0.4 is 4.74 Å². The first-order chi connectivity index (χ1) is 12.4. The summed E-state index contributed by atoms with van der Waals surface area (Å²) in [5, 5.41) is 10.1. The van der Waals surface area contributed by atoms with Crippen LogP contribution in [0.2, 0.25) is 5.02 Å². The molecule has 2 rings (SSSR count). The largest absolute Gasteiger partial charge is 0.493 e. The van der Waals surface area contributed by atoms with Gasteiger partial charge in [0.2, 0.25) is 0 Å². The van der Waals surface area contributed by atoms with E-state index in [1.54, 1.807) is 12.1 Å². The fraction of sp³-hybridized carbons (Fsp3) is 0.350. The molecule has 6 heteroatoms. The number of carbonyl (C=O) groups is 2. The minimum atomic E-state index is -0.779. The number of allylic oxidation sites excluding steroid dienone is 1. The Morgan fingerprint density at radius 2 is 2.04 bits per heavy atom. The predicted octanol–water partition coefficient (Wildman–Crippen LogP) is 4.82. The van der Waals surface area contributed by atoms with E-state index in [-0.39, 0.29) is 12.2 Å². The molecule has 0 saturated carbocycles. The molecule has 0 radical (unpaired) electrons. The Labute approximate surface area is 157 Å². The van der Waals surface area contributed by atoms with Gasteiger partial charge in [-0.25, -0.2) is 4.98 Å². The van der Waals surface area contributed by atoms with Crippen molar-refractivity contribution in [1.29, 1.82) is 0 Å². The van der Waals surface area contributed by atoms with Crippen LogP contribution in [0.15, 0.2) is 24.3 Å². The molecule has 2 aromatic rings. The summed E-state index contributed by atoms with van der Waals surface area (Å²) in [6, 6.07) is 5.40. The lowest BCUT2D eigenvalue weighted by atomic mass is 10.1. The summed E-state index contributed by atoms with van der Waals surface area (Å²) < 4.78 is 5.99. The van der Waals surface area contributed by atoms with Crippen molar-refractivity contribution in [3.8, 4) is 5.75 Å². The summed E-state index contributed by atoms with van der Waals surface area (Å²) in [4.78, 5) is 26.4. The molecule has 138 valence electrons.